The van der Waals surface area contributed by atoms with Crippen molar-refractivity contribution in [1.82, 2.24) is 19.8 Å². The van der Waals surface area contributed by atoms with Gasteiger partial charge in [0.05, 0.1) is 29.1 Å². The highest BCUT2D eigenvalue weighted by molar-refractivity contribution is 5.97. The number of amides is 2. The maximum absolute atomic E-state index is 13.1. The molecule has 188 valence electrons. The van der Waals surface area contributed by atoms with Crippen molar-refractivity contribution < 1.29 is 19.8 Å². The van der Waals surface area contributed by atoms with Gasteiger partial charge in [-0.05, 0) is 87.3 Å². The Hall–Kier alpha value is -2.45. The Morgan fingerprint density at radius 1 is 1.11 bits per heavy atom. The zero-order valence-corrected chi connectivity index (χ0v) is 20.2. The summed E-state index contributed by atoms with van der Waals surface area (Å²) in [6.07, 6.45) is 8.86. The number of piperidine rings is 1. The second kappa shape index (κ2) is 8.89. The van der Waals surface area contributed by atoms with Crippen LogP contribution in [0.1, 0.15) is 68.1 Å². The number of nitrogens with one attached hydrogen (secondary N) is 1. The van der Waals surface area contributed by atoms with Crippen LogP contribution in [0.2, 0.25) is 0 Å². The highest BCUT2D eigenvalue weighted by Gasteiger charge is 2.55. The molecule has 8 heteroatoms. The first-order chi connectivity index (χ1) is 16.9. The molecule has 4 bridgehead atoms. The van der Waals surface area contributed by atoms with E-state index < -0.39 is 5.60 Å². The van der Waals surface area contributed by atoms with Crippen molar-refractivity contribution in [2.75, 3.05) is 13.1 Å². The van der Waals surface area contributed by atoms with E-state index in [0.29, 0.717) is 62.2 Å². The Kier molecular flexibility index (Phi) is 5.84. The highest BCUT2D eigenvalue weighted by Crippen LogP contribution is 2.55. The Morgan fingerprint density at radius 3 is 2.57 bits per heavy atom. The first-order valence-corrected chi connectivity index (χ1v) is 13.3. The van der Waals surface area contributed by atoms with E-state index in [2.05, 4.69) is 10.3 Å². The summed E-state index contributed by atoms with van der Waals surface area (Å²) in [5, 5.41) is 23.7. The average molecular weight is 481 g/mol. The number of likely N-dealkylation sites (tertiary alicyclic amines) is 1. The Bertz CT molecular complexity index is 1110. The van der Waals surface area contributed by atoms with Crippen molar-refractivity contribution in [2.24, 2.45) is 17.8 Å². The third-order valence-corrected chi connectivity index (χ3v) is 9.03. The summed E-state index contributed by atoms with van der Waals surface area (Å²) in [6.45, 7) is 1.98. The van der Waals surface area contributed by atoms with Crippen molar-refractivity contribution >= 4 is 22.8 Å². The third kappa shape index (κ3) is 4.47. The van der Waals surface area contributed by atoms with Gasteiger partial charge >= 0.3 is 0 Å². The molecule has 1 aromatic carbocycles. The SMILES string of the molecule is O=C(NC1C2CC3CC1CC(O)(C3)C2)c1ccc2c(c1)ncn2CCCC(=O)N1CCC(O)CC1. The lowest BCUT2D eigenvalue weighted by Gasteiger charge is -2.58. The molecule has 2 heterocycles. The number of imidazole rings is 1. The lowest BCUT2D eigenvalue weighted by atomic mass is 9.52. The van der Waals surface area contributed by atoms with Gasteiger partial charge in [0.2, 0.25) is 5.91 Å². The van der Waals surface area contributed by atoms with Gasteiger partial charge < -0.3 is 25.0 Å². The number of hydrogen-bond donors (Lipinski definition) is 3. The lowest BCUT2D eigenvalue weighted by Crippen LogP contribution is -2.61. The summed E-state index contributed by atoms with van der Waals surface area (Å²) in [4.78, 5) is 31.9. The maximum Gasteiger partial charge on any atom is 0.251 e. The van der Waals surface area contributed by atoms with Crippen molar-refractivity contribution in [3.63, 3.8) is 0 Å². The molecule has 5 aliphatic rings. The molecule has 2 unspecified atom stereocenters. The van der Waals surface area contributed by atoms with E-state index in [0.717, 1.165) is 49.6 Å². The van der Waals surface area contributed by atoms with E-state index >= 15 is 0 Å². The summed E-state index contributed by atoms with van der Waals surface area (Å²) in [7, 11) is 0. The first kappa shape index (κ1) is 23.0. The molecule has 0 radical (unpaired) electrons. The standard InChI is InChI=1S/C27H36N4O4/c32-21-5-8-30(9-6-21)24(33)2-1-7-31-16-28-22-12-18(3-4-23(22)31)26(34)29-25-19-10-17-11-20(25)15-27(35,13-17)14-19/h3-4,12,16-17,19-21,25,32,35H,1-2,5-11,13-15H2,(H,29,34). The van der Waals surface area contributed by atoms with E-state index in [1.54, 1.807) is 6.33 Å². The van der Waals surface area contributed by atoms with Gasteiger partial charge in [0.1, 0.15) is 0 Å². The molecule has 0 spiro atoms. The van der Waals surface area contributed by atoms with Crippen LogP contribution in [-0.2, 0) is 11.3 Å². The molecule has 2 atom stereocenters. The summed E-state index contributed by atoms with van der Waals surface area (Å²) in [5.41, 5.74) is 1.88. The summed E-state index contributed by atoms with van der Waals surface area (Å²) in [5.74, 6) is 1.49. The van der Waals surface area contributed by atoms with Gasteiger partial charge in [0.15, 0.2) is 0 Å². The van der Waals surface area contributed by atoms with Crippen LogP contribution in [0.15, 0.2) is 24.5 Å². The van der Waals surface area contributed by atoms with Gasteiger partial charge in [-0.15, -0.1) is 0 Å². The van der Waals surface area contributed by atoms with Crippen molar-refractivity contribution in [3.05, 3.63) is 30.1 Å². The van der Waals surface area contributed by atoms with Gasteiger partial charge in [0, 0.05) is 37.7 Å². The van der Waals surface area contributed by atoms with E-state index in [-0.39, 0.29) is 24.0 Å². The van der Waals surface area contributed by atoms with E-state index in [1.807, 2.05) is 27.7 Å². The highest BCUT2D eigenvalue weighted by atomic mass is 16.3. The van der Waals surface area contributed by atoms with Gasteiger partial charge in [-0.3, -0.25) is 9.59 Å². The number of aliphatic hydroxyl groups is 2. The zero-order valence-electron chi connectivity index (χ0n) is 20.2. The molecule has 1 saturated heterocycles. The Morgan fingerprint density at radius 2 is 1.86 bits per heavy atom. The molecule has 2 aromatic rings. The first-order valence-electron chi connectivity index (χ1n) is 13.3. The van der Waals surface area contributed by atoms with Crippen LogP contribution < -0.4 is 5.32 Å². The second-order valence-corrected chi connectivity index (χ2v) is 11.6. The molecule has 7 rings (SSSR count). The predicted molar refractivity (Wildman–Crippen MR) is 131 cm³/mol. The number of rotatable bonds is 6. The largest absolute Gasteiger partial charge is 0.393 e. The second-order valence-electron chi connectivity index (χ2n) is 11.6. The third-order valence-electron chi connectivity index (χ3n) is 9.03. The van der Waals surface area contributed by atoms with E-state index in [4.69, 9.17) is 0 Å². The molecule has 5 fully saturated rings. The van der Waals surface area contributed by atoms with Crippen molar-refractivity contribution in [2.45, 2.75) is 82.1 Å². The molecule has 4 aliphatic carbocycles. The monoisotopic (exact) mass is 480 g/mol. The number of aromatic nitrogens is 2. The molecule has 1 aliphatic heterocycles. The fourth-order valence-electron chi connectivity index (χ4n) is 7.51. The average Bonchev–Trinajstić information content (AvgIpc) is 3.23. The van der Waals surface area contributed by atoms with Crippen LogP contribution in [0, 0.1) is 17.8 Å². The zero-order chi connectivity index (χ0) is 24.2. The fraction of sp³-hybridized carbons (Fsp3) is 0.667. The smallest absolute Gasteiger partial charge is 0.251 e. The van der Waals surface area contributed by atoms with Crippen LogP contribution in [0.3, 0.4) is 0 Å². The quantitative estimate of drug-likeness (QED) is 0.589. The molecule has 35 heavy (non-hydrogen) atoms. The molecule has 4 saturated carbocycles. The van der Waals surface area contributed by atoms with Crippen LogP contribution in [-0.4, -0.2) is 67.3 Å². The number of hydrogen-bond acceptors (Lipinski definition) is 5. The molecule has 8 nitrogen and oxygen atoms in total. The topological polar surface area (TPSA) is 108 Å². The van der Waals surface area contributed by atoms with Crippen molar-refractivity contribution in [1.29, 1.82) is 0 Å². The van der Waals surface area contributed by atoms with Crippen molar-refractivity contribution in [3.8, 4) is 0 Å². The minimum Gasteiger partial charge on any atom is -0.393 e. The molecule has 1 aromatic heterocycles. The number of aliphatic hydroxyl groups excluding tert-OH is 1. The Balaban J connectivity index is 1.06. The van der Waals surface area contributed by atoms with E-state index in [1.165, 1.54) is 0 Å². The van der Waals surface area contributed by atoms with E-state index in [9.17, 15) is 19.8 Å². The minimum absolute atomic E-state index is 0.0526. The normalized spacial score (nSPS) is 32.3. The van der Waals surface area contributed by atoms with Crippen LogP contribution in [0.4, 0.5) is 0 Å². The summed E-state index contributed by atoms with van der Waals surface area (Å²) < 4.78 is 2.04. The van der Waals surface area contributed by atoms with Gasteiger partial charge in [-0.1, -0.05) is 0 Å². The maximum atomic E-state index is 13.1. The number of carbonyl (C=O) groups excluding carboxylic acids is 2. The molecular formula is C27H36N4O4. The predicted octanol–water partition coefficient (Wildman–Crippen LogP) is 2.47. The summed E-state index contributed by atoms with van der Waals surface area (Å²) in [6, 6.07) is 5.83. The minimum atomic E-state index is -0.496. The molecule has 2 amide bonds. The van der Waals surface area contributed by atoms with Gasteiger partial charge in [-0.2, -0.15) is 0 Å². The fourth-order valence-corrected chi connectivity index (χ4v) is 7.51. The van der Waals surface area contributed by atoms with Gasteiger partial charge in [0.25, 0.3) is 5.91 Å². The lowest BCUT2D eigenvalue weighted by molar-refractivity contribution is -0.137. The summed E-state index contributed by atoms with van der Waals surface area (Å²) >= 11 is 0. The van der Waals surface area contributed by atoms with Crippen LogP contribution >= 0.6 is 0 Å². The van der Waals surface area contributed by atoms with Crippen LogP contribution in [0.25, 0.3) is 11.0 Å². The number of nitrogens with zero attached hydrogens (tertiary/aromatic N) is 3. The number of carbonyl (C=O) groups is 2. The number of fused-ring (bicyclic) bond motifs is 1. The van der Waals surface area contributed by atoms with Gasteiger partial charge in [-0.25, -0.2) is 4.98 Å². The molecular weight excluding hydrogens is 444 g/mol. The molecule has 3 N–H and O–H groups in total. The number of aryl methyl sites for hydroxylation is 1. The van der Waals surface area contributed by atoms with Crippen LogP contribution in [0.5, 0.6) is 0 Å². The Labute approximate surface area is 205 Å². The number of benzene rings is 1.